The van der Waals surface area contributed by atoms with Crippen molar-refractivity contribution >= 4 is 11.7 Å². The third kappa shape index (κ3) is 1.56. The number of phenolic OH excluding ortho intramolecular Hbond substituents is 1. The number of nitrogen functional groups attached to an aromatic ring is 1. The number of carboxylic acid groups (broad SMARTS) is 1. The van der Waals surface area contributed by atoms with E-state index in [0.29, 0.717) is 5.56 Å². The Morgan fingerprint density at radius 3 is 2.44 bits per heavy atom. The molecular formula is C10H8N2O4. The van der Waals surface area contributed by atoms with Crippen molar-refractivity contribution in [3.8, 4) is 17.1 Å². The third-order valence-electron chi connectivity index (χ3n) is 2.06. The molecule has 0 saturated carbocycles. The molecule has 0 atom stereocenters. The molecule has 0 aliphatic heterocycles. The lowest BCUT2D eigenvalue weighted by Crippen LogP contribution is -2.01. The number of nitrogens with two attached hydrogens (primary N) is 1. The molecule has 0 fully saturated rings. The predicted molar refractivity (Wildman–Crippen MR) is 55.0 cm³/mol. The monoisotopic (exact) mass is 220 g/mol. The molecule has 0 amide bonds. The highest BCUT2D eigenvalue weighted by Crippen LogP contribution is 2.29. The number of aromatic nitrogens is 1. The first-order chi connectivity index (χ1) is 7.59. The van der Waals surface area contributed by atoms with Crippen molar-refractivity contribution in [3.63, 3.8) is 0 Å². The fraction of sp³-hybridized carbons (Fsp3) is 0. The smallest absolute Gasteiger partial charge is 0.360 e. The van der Waals surface area contributed by atoms with Gasteiger partial charge in [0.2, 0.25) is 5.69 Å². The number of benzene rings is 1. The van der Waals surface area contributed by atoms with Gasteiger partial charge in [-0.3, -0.25) is 0 Å². The molecule has 0 aliphatic carbocycles. The van der Waals surface area contributed by atoms with Crippen molar-refractivity contribution in [2.75, 3.05) is 5.73 Å². The molecule has 2 rings (SSSR count). The first-order valence-electron chi connectivity index (χ1n) is 4.37. The number of carboxylic acids is 1. The molecule has 0 radical (unpaired) electrons. The fourth-order valence-corrected chi connectivity index (χ4v) is 1.27. The van der Waals surface area contributed by atoms with E-state index in [1.807, 2.05) is 0 Å². The second-order valence-electron chi connectivity index (χ2n) is 3.13. The Balaban J connectivity index is 2.49. The highest BCUT2D eigenvalue weighted by atomic mass is 16.5. The van der Waals surface area contributed by atoms with Gasteiger partial charge in [-0.1, -0.05) is 5.16 Å². The van der Waals surface area contributed by atoms with Crippen molar-refractivity contribution in [1.29, 1.82) is 0 Å². The first kappa shape index (κ1) is 10.0. The average Bonchev–Trinajstić information content (AvgIpc) is 2.61. The lowest BCUT2D eigenvalue weighted by atomic mass is 10.1. The Morgan fingerprint density at radius 1 is 1.31 bits per heavy atom. The molecule has 82 valence electrons. The molecule has 4 N–H and O–H groups in total. The van der Waals surface area contributed by atoms with E-state index in [9.17, 15) is 4.79 Å². The molecule has 0 unspecified atom stereocenters. The van der Waals surface area contributed by atoms with Crippen LogP contribution < -0.4 is 5.73 Å². The lowest BCUT2D eigenvalue weighted by Gasteiger charge is -1.97. The minimum absolute atomic E-state index is 0.0295. The average molecular weight is 220 g/mol. The minimum Gasteiger partial charge on any atom is -0.508 e. The van der Waals surface area contributed by atoms with Crippen LogP contribution in [0.15, 0.2) is 28.8 Å². The molecule has 6 nitrogen and oxygen atoms in total. The molecule has 0 spiro atoms. The molecule has 0 bridgehead atoms. The molecule has 0 saturated heterocycles. The molecule has 6 heteroatoms. The van der Waals surface area contributed by atoms with Crippen molar-refractivity contribution < 1.29 is 19.5 Å². The molecule has 1 aromatic heterocycles. The van der Waals surface area contributed by atoms with Gasteiger partial charge in [0.1, 0.15) is 11.4 Å². The van der Waals surface area contributed by atoms with Gasteiger partial charge in [0.05, 0.1) is 0 Å². The number of phenols is 1. The van der Waals surface area contributed by atoms with Gasteiger partial charge in [-0.25, -0.2) is 4.79 Å². The second-order valence-corrected chi connectivity index (χ2v) is 3.13. The van der Waals surface area contributed by atoms with Gasteiger partial charge < -0.3 is 20.5 Å². The van der Waals surface area contributed by atoms with Crippen LogP contribution in [0.2, 0.25) is 0 Å². The summed E-state index contributed by atoms with van der Waals surface area (Å²) in [6.45, 7) is 0. The number of rotatable bonds is 2. The van der Waals surface area contributed by atoms with E-state index in [-0.39, 0.29) is 22.9 Å². The number of anilines is 1. The number of carbonyl (C=O) groups is 1. The summed E-state index contributed by atoms with van der Waals surface area (Å²) in [7, 11) is 0. The predicted octanol–water partition coefficient (Wildman–Crippen LogP) is 1.33. The van der Waals surface area contributed by atoms with Crippen LogP contribution >= 0.6 is 0 Å². The zero-order valence-electron chi connectivity index (χ0n) is 8.04. The number of aromatic carboxylic acids is 1. The van der Waals surface area contributed by atoms with Crippen LogP contribution in [0.3, 0.4) is 0 Å². The molecule has 2 aromatic rings. The summed E-state index contributed by atoms with van der Waals surface area (Å²) in [4.78, 5) is 10.7. The number of aromatic hydroxyl groups is 1. The van der Waals surface area contributed by atoms with Gasteiger partial charge in [-0.05, 0) is 24.3 Å². The zero-order valence-corrected chi connectivity index (χ0v) is 8.04. The molecule has 1 aromatic carbocycles. The topological polar surface area (TPSA) is 110 Å². The van der Waals surface area contributed by atoms with Crippen LogP contribution in [-0.2, 0) is 0 Å². The summed E-state index contributed by atoms with van der Waals surface area (Å²) in [5.74, 6) is -0.969. The van der Waals surface area contributed by atoms with Gasteiger partial charge in [-0.15, -0.1) is 0 Å². The summed E-state index contributed by atoms with van der Waals surface area (Å²) >= 11 is 0. The van der Waals surface area contributed by atoms with E-state index < -0.39 is 5.97 Å². The van der Waals surface area contributed by atoms with Gasteiger partial charge >= 0.3 is 5.97 Å². The molecule has 0 aliphatic rings. The van der Waals surface area contributed by atoms with Gasteiger partial charge in [0.25, 0.3) is 0 Å². The largest absolute Gasteiger partial charge is 0.508 e. The van der Waals surface area contributed by atoms with E-state index in [2.05, 4.69) is 5.16 Å². The van der Waals surface area contributed by atoms with Gasteiger partial charge in [-0.2, -0.15) is 0 Å². The lowest BCUT2D eigenvalue weighted by molar-refractivity contribution is 0.0687. The van der Waals surface area contributed by atoms with Gasteiger partial charge in [0, 0.05) is 5.56 Å². The van der Waals surface area contributed by atoms with Crippen LogP contribution in [0, 0.1) is 0 Å². The minimum atomic E-state index is -1.24. The van der Waals surface area contributed by atoms with Crippen LogP contribution in [0.1, 0.15) is 10.5 Å². The van der Waals surface area contributed by atoms with Crippen molar-refractivity contribution in [2.45, 2.75) is 0 Å². The highest BCUT2D eigenvalue weighted by Gasteiger charge is 2.19. The van der Waals surface area contributed by atoms with Crippen LogP contribution in [0.4, 0.5) is 5.69 Å². The number of hydrogen-bond donors (Lipinski definition) is 3. The van der Waals surface area contributed by atoms with Crippen LogP contribution in [0.5, 0.6) is 5.75 Å². The Labute approximate surface area is 89.9 Å². The highest BCUT2D eigenvalue weighted by molar-refractivity contribution is 5.94. The van der Waals surface area contributed by atoms with Crippen LogP contribution in [0.25, 0.3) is 11.3 Å². The summed E-state index contributed by atoms with van der Waals surface area (Å²) in [5.41, 5.74) is 5.78. The van der Waals surface area contributed by atoms with E-state index in [0.717, 1.165) is 0 Å². The quantitative estimate of drug-likeness (QED) is 0.704. The number of hydrogen-bond acceptors (Lipinski definition) is 5. The maximum Gasteiger partial charge on any atom is 0.360 e. The summed E-state index contributed by atoms with van der Waals surface area (Å²) in [6.07, 6.45) is 0. The Morgan fingerprint density at radius 2 is 1.94 bits per heavy atom. The summed E-state index contributed by atoms with van der Waals surface area (Å²) in [5, 5.41) is 21.2. The van der Waals surface area contributed by atoms with E-state index in [1.54, 1.807) is 12.1 Å². The third-order valence-corrected chi connectivity index (χ3v) is 2.06. The SMILES string of the molecule is Nc1c(C(=O)O)noc1-c1ccc(O)cc1. The molecule has 1 heterocycles. The first-order valence-corrected chi connectivity index (χ1v) is 4.37. The molecule has 16 heavy (non-hydrogen) atoms. The normalized spacial score (nSPS) is 10.2. The zero-order chi connectivity index (χ0) is 11.7. The summed E-state index contributed by atoms with van der Waals surface area (Å²) < 4.78 is 4.85. The van der Waals surface area contributed by atoms with E-state index >= 15 is 0 Å². The maximum absolute atomic E-state index is 10.7. The van der Waals surface area contributed by atoms with Crippen molar-refractivity contribution in [2.24, 2.45) is 0 Å². The molecular weight excluding hydrogens is 212 g/mol. The Kier molecular flexibility index (Phi) is 2.24. The fourth-order valence-electron chi connectivity index (χ4n) is 1.27. The van der Waals surface area contributed by atoms with Crippen molar-refractivity contribution in [3.05, 3.63) is 30.0 Å². The van der Waals surface area contributed by atoms with Crippen molar-refractivity contribution in [1.82, 2.24) is 5.16 Å². The Hall–Kier alpha value is -2.50. The Bertz CT molecular complexity index is 530. The maximum atomic E-state index is 10.7. The van der Waals surface area contributed by atoms with E-state index in [4.69, 9.17) is 20.5 Å². The van der Waals surface area contributed by atoms with Crippen LogP contribution in [-0.4, -0.2) is 21.3 Å². The second kappa shape index (κ2) is 3.58. The standard InChI is InChI=1S/C10H8N2O4/c11-7-8(10(14)15)12-16-9(7)5-1-3-6(13)4-2-5/h1-4,13H,11H2,(H,14,15). The van der Waals surface area contributed by atoms with Gasteiger partial charge in [0.15, 0.2) is 5.76 Å². The van der Waals surface area contributed by atoms with E-state index in [1.165, 1.54) is 12.1 Å². The summed E-state index contributed by atoms with van der Waals surface area (Å²) in [6, 6.07) is 5.99. The number of nitrogens with zero attached hydrogens (tertiary/aromatic N) is 1.